The number of carbonyl (C=O) groups excluding carboxylic acids is 2. The molecule has 0 unspecified atom stereocenters. The summed E-state index contributed by atoms with van der Waals surface area (Å²) < 4.78 is 24.5. The molecule has 0 saturated carbocycles. The standard InChI is InChI=1S/C25H25FN4O4/c1-33-22-15-20(26)7-8-21(22)30(23-9-12-27-17-28-23)24(31)19-10-13-29(14-11-19)25(32)34-16-18-5-3-2-4-6-18/h2-9,12,15,17,19H,10-11,13-14,16H2,1H3. The number of likely N-dealkylation sites (tertiary alicyclic amines) is 1. The van der Waals surface area contributed by atoms with Crippen molar-refractivity contribution in [3.63, 3.8) is 0 Å². The van der Waals surface area contributed by atoms with E-state index in [4.69, 9.17) is 9.47 Å². The van der Waals surface area contributed by atoms with Crippen LogP contribution >= 0.6 is 0 Å². The molecule has 0 spiro atoms. The van der Waals surface area contributed by atoms with Crippen LogP contribution in [-0.4, -0.2) is 47.1 Å². The summed E-state index contributed by atoms with van der Waals surface area (Å²) in [7, 11) is 1.42. The number of aromatic nitrogens is 2. The molecule has 0 atom stereocenters. The van der Waals surface area contributed by atoms with Gasteiger partial charge in [0, 0.05) is 31.3 Å². The Morgan fingerprint density at radius 3 is 2.56 bits per heavy atom. The first-order chi connectivity index (χ1) is 16.6. The number of nitrogens with zero attached hydrogens (tertiary/aromatic N) is 4. The normalized spacial score (nSPS) is 13.9. The first-order valence-corrected chi connectivity index (χ1v) is 11.0. The number of methoxy groups -OCH3 is 1. The summed E-state index contributed by atoms with van der Waals surface area (Å²) in [6.07, 6.45) is 3.40. The van der Waals surface area contributed by atoms with E-state index >= 15 is 0 Å². The maximum Gasteiger partial charge on any atom is 0.410 e. The Balaban J connectivity index is 1.45. The second-order valence-electron chi connectivity index (χ2n) is 7.86. The highest BCUT2D eigenvalue weighted by Crippen LogP contribution is 2.36. The zero-order valence-electron chi connectivity index (χ0n) is 18.8. The van der Waals surface area contributed by atoms with Gasteiger partial charge in [-0.05, 0) is 36.6 Å². The Kier molecular flexibility index (Phi) is 7.31. The highest BCUT2D eigenvalue weighted by Gasteiger charge is 2.33. The number of rotatable bonds is 6. The van der Waals surface area contributed by atoms with Gasteiger partial charge in [-0.2, -0.15) is 0 Å². The van der Waals surface area contributed by atoms with E-state index < -0.39 is 11.9 Å². The topological polar surface area (TPSA) is 84.9 Å². The fourth-order valence-corrected chi connectivity index (χ4v) is 3.91. The van der Waals surface area contributed by atoms with Crippen molar-refractivity contribution in [1.82, 2.24) is 14.9 Å². The predicted octanol–water partition coefficient (Wildman–Crippen LogP) is 4.34. The minimum Gasteiger partial charge on any atom is -0.494 e. The Labute approximate surface area is 196 Å². The van der Waals surface area contributed by atoms with Crippen molar-refractivity contribution in [2.24, 2.45) is 5.92 Å². The van der Waals surface area contributed by atoms with E-state index in [9.17, 15) is 14.0 Å². The number of hydrogen-bond acceptors (Lipinski definition) is 6. The molecule has 1 saturated heterocycles. The number of amides is 2. The van der Waals surface area contributed by atoms with Crippen LogP contribution in [0, 0.1) is 11.7 Å². The number of benzene rings is 2. The van der Waals surface area contributed by atoms with E-state index in [0.29, 0.717) is 37.4 Å². The number of anilines is 2. The Morgan fingerprint density at radius 2 is 1.88 bits per heavy atom. The largest absolute Gasteiger partial charge is 0.494 e. The van der Waals surface area contributed by atoms with Crippen molar-refractivity contribution in [3.05, 3.63) is 78.5 Å². The lowest BCUT2D eigenvalue weighted by Crippen LogP contribution is -2.43. The third-order valence-electron chi connectivity index (χ3n) is 5.71. The quantitative estimate of drug-likeness (QED) is 0.540. The predicted molar refractivity (Wildman–Crippen MR) is 123 cm³/mol. The summed E-state index contributed by atoms with van der Waals surface area (Å²) in [6.45, 7) is 0.981. The van der Waals surface area contributed by atoms with Crippen molar-refractivity contribution in [2.75, 3.05) is 25.1 Å². The van der Waals surface area contributed by atoms with Crippen molar-refractivity contribution in [2.45, 2.75) is 19.4 Å². The van der Waals surface area contributed by atoms with Crippen LogP contribution in [0.1, 0.15) is 18.4 Å². The molecule has 1 fully saturated rings. The molecule has 1 aromatic heterocycles. The van der Waals surface area contributed by atoms with E-state index in [1.807, 2.05) is 30.3 Å². The lowest BCUT2D eigenvalue weighted by molar-refractivity contribution is -0.123. The molecule has 0 bridgehead atoms. The number of halogens is 1. The molecule has 1 aliphatic rings. The molecule has 3 aromatic rings. The number of carbonyl (C=O) groups is 2. The second-order valence-corrected chi connectivity index (χ2v) is 7.86. The summed E-state index contributed by atoms with van der Waals surface area (Å²) in [5, 5.41) is 0. The minimum atomic E-state index is -0.474. The van der Waals surface area contributed by atoms with Crippen LogP contribution < -0.4 is 9.64 Å². The molecule has 4 rings (SSSR count). The average Bonchev–Trinajstić information content (AvgIpc) is 2.89. The fourth-order valence-electron chi connectivity index (χ4n) is 3.91. The molecule has 8 nitrogen and oxygen atoms in total. The summed E-state index contributed by atoms with van der Waals surface area (Å²) in [5.74, 6) is -0.467. The summed E-state index contributed by atoms with van der Waals surface area (Å²) in [4.78, 5) is 37.3. The first-order valence-electron chi connectivity index (χ1n) is 11.0. The molecule has 0 radical (unpaired) electrons. The molecule has 1 aliphatic heterocycles. The van der Waals surface area contributed by atoms with Gasteiger partial charge in [0.05, 0.1) is 12.8 Å². The summed E-state index contributed by atoms with van der Waals surface area (Å²) >= 11 is 0. The van der Waals surface area contributed by atoms with Gasteiger partial charge in [-0.1, -0.05) is 30.3 Å². The van der Waals surface area contributed by atoms with Gasteiger partial charge in [-0.3, -0.25) is 9.69 Å². The second kappa shape index (κ2) is 10.7. The highest BCUT2D eigenvalue weighted by molar-refractivity contribution is 6.02. The van der Waals surface area contributed by atoms with E-state index in [-0.39, 0.29) is 24.2 Å². The molecule has 2 heterocycles. The van der Waals surface area contributed by atoms with E-state index in [2.05, 4.69) is 9.97 Å². The van der Waals surface area contributed by atoms with Crippen molar-refractivity contribution in [3.8, 4) is 5.75 Å². The SMILES string of the molecule is COc1cc(F)ccc1N(C(=O)C1CCN(C(=O)OCc2ccccc2)CC1)c1ccncn1. The zero-order chi connectivity index (χ0) is 23.9. The molecular formula is C25H25FN4O4. The molecule has 176 valence electrons. The third-order valence-corrected chi connectivity index (χ3v) is 5.71. The Bertz CT molecular complexity index is 1120. The van der Waals surface area contributed by atoms with Crippen LogP contribution in [0.25, 0.3) is 0 Å². The Hall–Kier alpha value is -4.01. The number of hydrogen-bond donors (Lipinski definition) is 0. The van der Waals surface area contributed by atoms with Crippen LogP contribution in [0.5, 0.6) is 5.75 Å². The maximum absolute atomic E-state index is 13.8. The van der Waals surface area contributed by atoms with Crippen molar-refractivity contribution < 1.29 is 23.5 Å². The minimum absolute atomic E-state index is 0.199. The van der Waals surface area contributed by atoms with Crippen LogP contribution in [0.2, 0.25) is 0 Å². The van der Waals surface area contributed by atoms with Crippen molar-refractivity contribution in [1.29, 1.82) is 0 Å². The number of piperidine rings is 1. The van der Waals surface area contributed by atoms with Gasteiger partial charge < -0.3 is 14.4 Å². The first kappa shape index (κ1) is 23.2. The average molecular weight is 464 g/mol. The van der Waals surface area contributed by atoms with Gasteiger partial charge >= 0.3 is 6.09 Å². The summed E-state index contributed by atoms with van der Waals surface area (Å²) in [6, 6.07) is 15.1. The van der Waals surface area contributed by atoms with Crippen molar-refractivity contribution >= 4 is 23.5 Å². The van der Waals surface area contributed by atoms with Gasteiger partial charge in [0.15, 0.2) is 0 Å². The smallest absolute Gasteiger partial charge is 0.410 e. The van der Waals surface area contributed by atoms with E-state index in [0.717, 1.165) is 5.56 Å². The zero-order valence-corrected chi connectivity index (χ0v) is 18.8. The fraction of sp³-hybridized carbons (Fsp3) is 0.280. The third kappa shape index (κ3) is 5.31. The maximum atomic E-state index is 13.8. The van der Waals surface area contributed by atoms with E-state index in [1.165, 1.54) is 42.7 Å². The molecule has 2 amide bonds. The molecule has 0 N–H and O–H groups in total. The van der Waals surface area contributed by atoms with Crippen LogP contribution in [0.15, 0.2) is 67.1 Å². The Morgan fingerprint density at radius 1 is 1.12 bits per heavy atom. The van der Waals surface area contributed by atoms with Gasteiger partial charge in [0.1, 0.15) is 30.3 Å². The van der Waals surface area contributed by atoms with Gasteiger partial charge in [-0.25, -0.2) is 19.2 Å². The van der Waals surface area contributed by atoms with E-state index in [1.54, 1.807) is 11.0 Å². The molecule has 34 heavy (non-hydrogen) atoms. The van der Waals surface area contributed by atoms with Crippen LogP contribution in [0.3, 0.4) is 0 Å². The molecular weight excluding hydrogens is 439 g/mol. The molecule has 2 aromatic carbocycles. The van der Waals surface area contributed by atoms with Gasteiger partial charge in [0.2, 0.25) is 5.91 Å². The van der Waals surface area contributed by atoms with Gasteiger partial charge in [-0.15, -0.1) is 0 Å². The molecule has 9 heteroatoms. The number of ether oxygens (including phenoxy) is 2. The van der Waals surface area contributed by atoms with Crippen LogP contribution in [-0.2, 0) is 16.1 Å². The lowest BCUT2D eigenvalue weighted by Gasteiger charge is -2.33. The highest BCUT2D eigenvalue weighted by atomic mass is 19.1. The van der Waals surface area contributed by atoms with Crippen LogP contribution in [0.4, 0.5) is 20.7 Å². The molecule has 0 aliphatic carbocycles. The summed E-state index contributed by atoms with van der Waals surface area (Å²) in [5.41, 5.74) is 1.30. The lowest BCUT2D eigenvalue weighted by atomic mass is 9.95. The monoisotopic (exact) mass is 464 g/mol. The van der Waals surface area contributed by atoms with Gasteiger partial charge in [0.25, 0.3) is 0 Å².